The van der Waals surface area contributed by atoms with Gasteiger partial charge in [0.2, 0.25) is 5.91 Å². The van der Waals surface area contributed by atoms with Crippen LogP contribution in [0.2, 0.25) is 0 Å². The van der Waals surface area contributed by atoms with Crippen molar-refractivity contribution in [3.63, 3.8) is 0 Å². The first-order valence-electron chi connectivity index (χ1n) is 10.7. The molecule has 2 heterocycles. The molecule has 29 heavy (non-hydrogen) atoms. The Hall–Kier alpha value is -2.41. The first-order chi connectivity index (χ1) is 14.2. The second-order valence-corrected chi connectivity index (χ2v) is 7.83. The van der Waals surface area contributed by atoms with Crippen LogP contribution in [-0.4, -0.2) is 48.7 Å². The van der Waals surface area contributed by atoms with E-state index in [9.17, 15) is 4.79 Å². The number of hydrogen-bond acceptors (Lipinski definition) is 6. The molecule has 3 rings (SSSR count). The van der Waals surface area contributed by atoms with Gasteiger partial charge in [0.15, 0.2) is 5.82 Å². The molecular formula is C22H33N5O2. The Morgan fingerprint density at radius 2 is 2.34 bits per heavy atom. The van der Waals surface area contributed by atoms with Gasteiger partial charge in [-0.3, -0.25) is 4.79 Å². The van der Waals surface area contributed by atoms with Gasteiger partial charge in [-0.25, -0.2) is 4.98 Å². The van der Waals surface area contributed by atoms with Gasteiger partial charge in [-0.05, 0) is 44.1 Å². The predicted octanol–water partition coefficient (Wildman–Crippen LogP) is 3.16. The molecule has 7 heteroatoms. The van der Waals surface area contributed by atoms with Gasteiger partial charge in [0.05, 0.1) is 19.3 Å². The molecule has 1 aromatic heterocycles. The Morgan fingerprint density at radius 3 is 3.10 bits per heavy atom. The number of amides is 1. The molecule has 1 saturated carbocycles. The molecule has 0 saturated heterocycles. The molecule has 158 valence electrons. The summed E-state index contributed by atoms with van der Waals surface area (Å²) in [6.07, 6.45) is 13.5. The standard InChI is InChI=1S/C22H33N5O2/c1-3-5-12-29-22-24-14-19-21(26-22)27(16-20(28)25-19)15-18(7-4-2)8-6-11-23-13-17-9-10-17/h4,6,8,14,17-18,23H,2-3,5,7,9-13,15-16H2,1H3,(H,25,28)/b8-6+. The number of nitrogens with zero attached hydrogens (tertiary/aromatic N) is 3. The Bertz CT molecular complexity index is 717. The van der Waals surface area contributed by atoms with Crippen molar-refractivity contribution in [3.05, 3.63) is 31.0 Å². The van der Waals surface area contributed by atoms with Crippen LogP contribution in [0.1, 0.15) is 39.0 Å². The molecule has 1 fully saturated rings. The zero-order chi connectivity index (χ0) is 20.5. The number of allylic oxidation sites excluding steroid dienone is 1. The van der Waals surface area contributed by atoms with Crippen molar-refractivity contribution in [3.8, 4) is 6.01 Å². The fraction of sp³-hybridized carbons (Fsp3) is 0.591. The van der Waals surface area contributed by atoms with Crippen LogP contribution in [0.25, 0.3) is 0 Å². The van der Waals surface area contributed by atoms with Crippen LogP contribution in [0.15, 0.2) is 31.0 Å². The van der Waals surface area contributed by atoms with Gasteiger partial charge in [-0.15, -0.1) is 6.58 Å². The van der Waals surface area contributed by atoms with E-state index in [1.54, 1.807) is 6.20 Å². The van der Waals surface area contributed by atoms with Crippen LogP contribution in [0.5, 0.6) is 6.01 Å². The Labute approximate surface area is 173 Å². The Balaban J connectivity index is 1.63. The molecule has 0 aromatic carbocycles. The van der Waals surface area contributed by atoms with Crippen molar-refractivity contribution in [1.29, 1.82) is 0 Å². The lowest BCUT2D eigenvalue weighted by Crippen LogP contribution is -2.41. The quantitative estimate of drug-likeness (QED) is 0.392. The predicted molar refractivity (Wildman–Crippen MR) is 116 cm³/mol. The highest BCUT2D eigenvalue weighted by molar-refractivity contribution is 6.00. The molecule has 0 spiro atoms. The summed E-state index contributed by atoms with van der Waals surface area (Å²) in [6, 6.07) is 0.360. The Morgan fingerprint density at radius 1 is 1.48 bits per heavy atom. The number of ether oxygens (including phenoxy) is 1. The number of unbranched alkanes of at least 4 members (excludes halogenated alkanes) is 1. The lowest BCUT2D eigenvalue weighted by molar-refractivity contribution is -0.115. The molecule has 2 aliphatic rings. The summed E-state index contributed by atoms with van der Waals surface area (Å²) < 4.78 is 5.66. The van der Waals surface area contributed by atoms with Gasteiger partial charge in [-0.2, -0.15) is 4.98 Å². The first kappa shape index (κ1) is 21.3. The molecule has 0 radical (unpaired) electrons. The lowest BCUT2D eigenvalue weighted by Gasteiger charge is -2.31. The number of carbonyl (C=O) groups excluding carboxylic acids is 1. The number of hydrogen-bond donors (Lipinski definition) is 2. The number of anilines is 2. The highest BCUT2D eigenvalue weighted by Crippen LogP contribution is 2.29. The topological polar surface area (TPSA) is 79.4 Å². The number of nitrogens with one attached hydrogen (secondary N) is 2. The summed E-state index contributed by atoms with van der Waals surface area (Å²) in [6.45, 7) is 9.55. The van der Waals surface area contributed by atoms with Gasteiger partial charge in [0, 0.05) is 13.1 Å². The monoisotopic (exact) mass is 399 g/mol. The number of rotatable bonds is 13. The highest BCUT2D eigenvalue weighted by Gasteiger charge is 2.26. The average molecular weight is 400 g/mol. The van der Waals surface area contributed by atoms with Crippen LogP contribution in [0.4, 0.5) is 11.5 Å². The van der Waals surface area contributed by atoms with Crippen LogP contribution >= 0.6 is 0 Å². The molecule has 1 atom stereocenters. The normalized spacial score (nSPS) is 17.1. The second kappa shape index (κ2) is 11.0. The van der Waals surface area contributed by atoms with Crippen molar-refractivity contribution in [2.24, 2.45) is 11.8 Å². The van der Waals surface area contributed by atoms with Gasteiger partial charge in [-0.1, -0.05) is 31.6 Å². The van der Waals surface area contributed by atoms with Crippen molar-refractivity contribution in [2.75, 3.05) is 43.0 Å². The third-order valence-corrected chi connectivity index (χ3v) is 5.11. The van der Waals surface area contributed by atoms with Gasteiger partial charge >= 0.3 is 6.01 Å². The molecule has 1 aliphatic carbocycles. The van der Waals surface area contributed by atoms with E-state index in [0.29, 0.717) is 24.8 Å². The molecule has 0 bridgehead atoms. The van der Waals surface area contributed by atoms with Crippen LogP contribution in [0, 0.1) is 11.8 Å². The maximum Gasteiger partial charge on any atom is 0.318 e. The molecule has 2 N–H and O–H groups in total. The van der Waals surface area contributed by atoms with Crippen molar-refractivity contribution < 1.29 is 9.53 Å². The minimum absolute atomic E-state index is 0.0480. The summed E-state index contributed by atoms with van der Waals surface area (Å²) in [7, 11) is 0. The van der Waals surface area contributed by atoms with Crippen molar-refractivity contribution in [2.45, 2.75) is 39.0 Å². The third-order valence-electron chi connectivity index (χ3n) is 5.11. The maximum absolute atomic E-state index is 12.2. The van der Waals surface area contributed by atoms with E-state index in [2.05, 4.69) is 46.3 Å². The van der Waals surface area contributed by atoms with E-state index in [-0.39, 0.29) is 18.4 Å². The maximum atomic E-state index is 12.2. The van der Waals surface area contributed by atoms with Crippen LogP contribution in [-0.2, 0) is 4.79 Å². The van der Waals surface area contributed by atoms with Crippen molar-refractivity contribution in [1.82, 2.24) is 15.3 Å². The van der Waals surface area contributed by atoms with Gasteiger partial charge < -0.3 is 20.3 Å². The van der Waals surface area contributed by atoms with E-state index < -0.39 is 0 Å². The highest BCUT2D eigenvalue weighted by atomic mass is 16.5. The summed E-state index contributed by atoms with van der Waals surface area (Å²) in [4.78, 5) is 23.0. The second-order valence-electron chi connectivity index (χ2n) is 7.83. The summed E-state index contributed by atoms with van der Waals surface area (Å²) in [5, 5.41) is 6.33. The van der Waals surface area contributed by atoms with Crippen LogP contribution in [0.3, 0.4) is 0 Å². The van der Waals surface area contributed by atoms with E-state index in [1.807, 2.05) is 11.0 Å². The fourth-order valence-electron chi connectivity index (χ4n) is 3.32. The van der Waals surface area contributed by atoms with E-state index in [1.165, 1.54) is 12.8 Å². The molecule has 7 nitrogen and oxygen atoms in total. The SMILES string of the molecule is C=CCC(/C=C/CNCC1CC1)CN1CC(=O)Nc2cnc(OCCCC)nc21. The minimum atomic E-state index is -0.0480. The number of carbonyl (C=O) groups is 1. The van der Waals surface area contributed by atoms with Crippen LogP contribution < -0.4 is 20.3 Å². The first-order valence-corrected chi connectivity index (χ1v) is 10.7. The van der Waals surface area contributed by atoms with Gasteiger partial charge in [0.25, 0.3) is 0 Å². The van der Waals surface area contributed by atoms with Crippen molar-refractivity contribution >= 4 is 17.4 Å². The molecule has 1 amide bonds. The minimum Gasteiger partial charge on any atom is -0.463 e. The molecular weight excluding hydrogens is 366 g/mol. The zero-order valence-electron chi connectivity index (χ0n) is 17.4. The fourth-order valence-corrected chi connectivity index (χ4v) is 3.32. The number of aromatic nitrogens is 2. The lowest BCUT2D eigenvalue weighted by atomic mass is 10.0. The van der Waals surface area contributed by atoms with E-state index >= 15 is 0 Å². The summed E-state index contributed by atoms with van der Waals surface area (Å²) >= 11 is 0. The summed E-state index contributed by atoms with van der Waals surface area (Å²) in [5.74, 6) is 1.81. The molecule has 1 aromatic rings. The smallest absolute Gasteiger partial charge is 0.318 e. The molecule has 1 unspecified atom stereocenters. The van der Waals surface area contributed by atoms with Gasteiger partial charge in [0.1, 0.15) is 5.69 Å². The van der Waals surface area contributed by atoms with E-state index in [0.717, 1.165) is 44.1 Å². The molecule has 1 aliphatic heterocycles. The Kier molecular flexibility index (Phi) is 8.04. The van der Waals surface area contributed by atoms with E-state index in [4.69, 9.17) is 4.74 Å². The zero-order valence-corrected chi connectivity index (χ0v) is 17.4. The average Bonchev–Trinajstić information content (AvgIpc) is 3.52. The number of fused-ring (bicyclic) bond motifs is 1. The third kappa shape index (κ3) is 6.85. The largest absolute Gasteiger partial charge is 0.463 e. The summed E-state index contributed by atoms with van der Waals surface area (Å²) in [5.41, 5.74) is 0.636.